The maximum Gasteiger partial charge on any atom is 0.273 e. The van der Waals surface area contributed by atoms with Gasteiger partial charge in [0.25, 0.3) is 5.91 Å². The molecular weight excluding hydrogens is 376 g/mol. The molecule has 150 valence electrons. The summed E-state index contributed by atoms with van der Waals surface area (Å²) < 4.78 is 6.25. The normalized spacial score (nSPS) is 19.7. The summed E-state index contributed by atoms with van der Waals surface area (Å²) in [5.41, 5.74) is 0.224. The molecule has 0 unspecified atom stereocenters. The second-order valence-electron chi connectivity index (χ2n) is 7.62. The number of nitrogens with zero attached hydrogens (tertiary/aromatic N) is 6. The maximum absolute atomic E-state index is 12.2. The Labute approximate surface area is 169 Å². The molecule has 1 amide bonds. The van der Waals surface area contributed by atoms with Crippen LogP contribution in [-0.4, -0.2) is 83.1 Å². The molecule has 2 saturated heterocycles. The quantitative estimate of drug-likeness (QED) is 0.767. The van der Waals surface area contributed by atoms with Gasteiger partial charge in [-0.25, -0.2) is 9.97 Å². The van der Waals surface area contributed by atoms with Gasteiger partial charge in [0.15, 0.2) is 0 Å². The summed E-state index contributed by atoms with van der Waals surface area (Å²) in [5, 5.41) is 3.19. The highest BCUT2D eigenvalue weighted by atomic mass is 32.1. The summed E-state index contributed by atoms with van der Waals surface area (Å²) in [6.45, 7) is 5.12. The lowest BCUT2D eigenvalue weighted by molar-refractivity contribution is -0.0922. The van der Waals surface area contributed by atoms with Crippen molar-refractivity contribution in [2.45, 2.75) is 25.0 Å². The van der Waals surface area contributed by atoms with Crippen molar-refractivity contribution in [2.75, 3.05) is 51.8 Å². The zero-order valence-electron chi connectivity index (χ0n) is 16.4. The highest BCUT2D eigenvalue weighted by Gasteiger charge is 2.40. The van der Waals surface area contributed by atoms with E-state index >= 15 is 0 Å². The number of carbonyl (C=O) groups excluding carboxylic acids is 1. The number of hydrogen-bond donors (Lipinski definition) is 0. The molecule has 0 aromatic carbocycles. The Morgan fingerprint density at radius 2 is 2.11 bits per heavy atom. The van der Waals surface area contributed by atoms with Gasteiger partial charge in [-0.15, -0.1) is 11.3 Å². The fraction of sp³-hybridized carbons (Fsp3) is 0.579. The monoisotopic (exact) mass is 402 g/mol. The van der Waals surface area contributed by atoms with Gasteiger partial charge in [-0.05, 0) is 12.8 Å². The van der Waals surface area contributed by atoms with Crippen molar-refractivity contribution in [2.24, 2.45) is 0 Å². The summed E-state index contributed by atoms with van der Waals surface area (Å²) in [5.74, 6) is 0.619. The SMILES string of the molecule is CN(C)C(=O)c1cncc(N2CCOC3(CCN(Cc4nccs4)CC3)C2)n1. The number of piperidine rings is 1. The average molecular weight is 403 g/mol. The zero-order valence-corrected chi connectivity index (χ0v) is 17.2. The van der Waals surface area contributed by atoms with Gasteiger partial charge in [-0.1, -0.05) is 0 Å². The van der Waals surface area contributed by atoms with Crippen LogP contribution >= 0.6 is 11.3 Å². The van der Waals surface area contributed by atoms with E-state index < -0.39 is 0 Å². The van der Waals surface area contributed by atoms with E-state index in [1.165, 1.54) is 16.1 Å². The molecule has 8 nitrogen and oxygen atoms in total. The molecule has 2 aromatic rings. The molecule has 2 fully saturated rings. The van der Waals surface area contributed by atoms with Gasteiger partial charge in [0.1, 0.15) is 16.5 Å². The van der Waals surface area contributed by atoms with E-state index in [1.807, 2.05) is 11.6 Å². The number of likely N-dealkylation sites (tertiary alicyclic amines) is 1. The molecule has 0 saturated carbocycles. The van der Waals surface area contributed by atoms with E-state index in [9.17, 15) is 4.79 Å². The Morgan fingerprint density at radius 1 is 1.29 bits per heavy atom. The standard InChI is InChI=1S/C19H26N6O2S/c1-23(2)18(26)15-11-20-12-16(22-15)25-8-9-27-19(14-25)3-6-24(7-4-19)13-17-21-5-10-28-17/h5,10-12H,3-4,6-9,13-14H2,1-2H3. The number of rotatable bonds is 4. The summed E-state index contributed by atoms with van der Waals surface area (Å²) in [6, 6.07) is 0. The van der Waals surface area contributed by atoms with Crippen LogP contribution in [0.3, 0.4) is 0 Å². The second kappa shape index (κ2) is 8.10. The summed E-state index contributed by atoms with van der Waals surface area (Å²) >= 11 is 1.71. The van der Waals surface area contributed by atoms with Gasteiger partial charge >= 0.3 is 0 Å². The highest BCUT2D eigenvalue weighted by Crippen LogP contribution is 2.32. The number of carbonyl (C=O) groups is 1. The predicted octanol–water partition coefficient (Wildman–Crippen LogP) is 1.51. The van der Waals surface area contributed by atoms with Crippen molar-refractivity contribution in [3.05, 3.63) is 34.7 Å². The van der Waals surface area contributed by atoms with Crippen molar-refractivity contribution < 1.29 is 9.53 Å². The molecule has 2 aliphatic rings. The largest absolute Gasteiger partial charge is 0.371 e. The lowest BCUT2D eigenvalue weighted by Crippen LogP contribution is -2.57. The molecule has 0 N–H and O–H groups in total. The van der Waals surface area contributed by atoms with Crippen molar-refractivity contribution >= 4 is 23.1 Å². The third-order valence-electron chi connectivity index (χ3n) is 5.43. The Kier molecular flexibility index (Phi) is 5.56. The zero-order chi connectivity index (χ0) is 19.6. The van der Waals surface area contributed by atoms with E-state index in [-0.39, 0.29) is 11.5 Å². The van der Waals surface area contributed by atoms with Gasteiger partial charge in [-0.2, -0.15) is 0 Å². The minimum atomic E-state index is -0.152. The molecule has 0 atom stereocenters. The van der Waals surface area contributed by atoms with Crippen LogP contribution in [0, 0.1) is 0 Å². The molecule has 4 rings (SSSR count). The van der Waals surface area contributed by atoms with E-state index in [0.29, 0.717) is 12.3 Å². The molecule has 0 bridgehead atoms. The minimum absolute atomic E-state index is 0.132. The van der Waals surface area contributed by atoms with Crippen LogP contribution in [0.4, 0.5) is 5.82 Å². The van der Waals surface area contributed by atoms with Crippen LogP contribution in [0.15, 0.2) is 24.0 Å². The third-order valence-corrected chi connectivity index (χ3v) is 6.19. The van der Waals surface area contributed by atoms with Gasteiger partial charge in [-0.3, -0.25) is 14.7 Å². The number of anilines is 1. The van der Waals surface area contributed by atoms with E-state index in [2.05, 4.69) is 24.8 Å². The van der Waals surface area contributed by atoms with Gasteiger partial charge in [0.2, 0.25) is 0 Å². The number of hydrogen-bond acceptors (Lipinski definition) is 8. The van der Waals surface area contributed by atoms with E-state index in [1.54, 1.807) is 31.6 Å². The van der Waals surface area contributed by atoms with Crippen LogP contribution in [-0.2, 0) is 11.3 Å². The first-order valence-corrected chi connectivity index (χ1v) is 10.5. The fourth-order valence-corrected chi connectivity index (χ4v) is 4.48. The summed E-state index contributed by atoms with van der Waals surface area (Å²) in [4.78, 5) is 31.6. The molecule has 0 radical (unpaired) electrons. The molecule has 0 aliphatic carbocycles. The Hall–Kier alpha value is -2.10. The molecule has 2 aliphatic heterocycles. The number of amides is 1. The van der Waals surface area contributed by atoms with Crippen molar-refractivity contribution in [1.29, 1.82) is 0 Å². The van der Waals surface area contributed by atoms with Crippen molar-refractivity contribution in [1.82, 2.24) is 24.8 Å². The molecule has 4 heterocycles. The van der Waals surface area contributed by atoms with Crippen molar-refractivity contribution in [3.63, 3.8) is 0 Å². The lowest BCUT2D eigenvalue weighted by Gasteiger charge is -2.47. The van der Waals surface area contributed by atoms with Gasteiger partial charge < -0.3 is 14.5 Å². The number of morpholine rings is 1. The summed E-state index contributed by atoms with van der Waals surface area (Å²) in [7, 11) is 3.44. The Bertz CT molecular complexity index is 805. The topological polar surface area (TPSA) is 74.7 Å². The second-order valence-corrected chi connectivity index (χ2v) is 8.60. The Balaban J connectivity index is 1.41. The van der Waals surface area contributed by atoms with Crippen LogP contribution in [0.5, 0.6) is 0 Å². The first kappa shape index (κ1) is 19.2. The predicted molar refractivity (Wildman–Crippen MR) is 108 cm³/mol. The van der Waals surface area contributed by atoms with Gasteiger partial charge in [0, 0.05) is 51.9 Å². The number of ether oxygens (including phenoxy) is 1. The van der Waals surface area contributed by atoms with Crippen LogP contribution < -0.4 is 4.90 Å². The first-order valence-electron chi connectivity index (χ1n) is 9.58. The van der Waals surface area contributed by atoms with Crippen LogP contribution in [0.1, 0.15) is 28.3 Å². The minimum Gasteiger partial charge on any atom is -0.371 e. The smallest absolute Gasteiger partial charge is 0.273 e. The van der Waals surface area contributed by atoms with Crippen LogP contribution in [0.25, 0.3) is 0 Å². The first-order chi connectivity index (χ1) is 13.5. The summed E-state index contributed by atoms with van der Waals surface area (Å²) in [6.07, 6.45) is 7.10. The average Bonchev–Trinajstić information content (AvgIpc) is 3.23. The van der Waals surface area contributed by atoms with E-state index in [0.717, 1.165) is 51.4 Å². The molecule has 9 heteroatoms. The molecule has 1 spiro atoms. The lowest BCUT2D eigenvalue weighted by atomic mass is 9.89. The number of aromatic nitrogens is 3. The molecular formula is C19H26N6O2S. The van der Waals surface area contributed by atoms with Gasteiger partial charge in [0.05, 0.1) is 31.1 Å². The van der Waals surface area contributed by atoms with Crippen molar-refractivity contribution in [3.8, 4) is 0 Å². The molecule has 28 heavy (non-hydrogen) atoms. The third kappa shape index (κ3) is 4.16. The van der Waals surface area contributed by atoms with Crippen LogP contribution in [0.2, 0.25) is 0 Å². The Morgan fingerprint density at radius 3 is 2.82 bits per heavy atom. The van der Waals surface area contributed by atoms with E-state index in [4.69, 9.17) is 4.74 Å². The highest BCUT2D eigenvalue weighted by molar-refractivity contribution is 7.09. The fourth-order valence-electron chi connectivity index (χ4n) is 3.82. The number of thiazole rings is 1. The molecule has 2 aromatic heterocycles. The maximum atomic E-state index is 12.2.